The zero-order valence-corrected chi connectivity index (χ0v) is 19.0. The van der Waals surface area contributed by atoms with Gasteiger partial charge in [-0.05, 0) is 68.1 Å². The van der Waals surface area contributed by atoms with Gasteiger partial charge in [-0.3, -0.25) is 9.52 Å². The van der Waals surface area contributed by atoms with E-state index in [2.05, 4.69) is 9.62 Å². The van der Waals surface area contributed by atoms with E-state index in [-0.39, 0.29) is 23.7 Å². The van der Waals surface area contributed by atoms with E-state index in [1.165, 1.54) is 0 Å². The number of hydrogen-bond donors (Lipinski definition) is 3. The molecule has 0 radical (unpaired) electrons. The molecule has 3 N–H and O–H groups in total. The lowest BCUT2D eigenvalue weighted by Crippen LogP contribution is -2.44. The van der Waals surface area contributed by atoms with E-state index >= 15 is 0 Å². The molecule has 7 nitrogen and oxygen atoms in total. The molecule has 1 aliphatic carbocycles. The maximum atomic E-state index is 12.7. The SMILES string of the molecule is CC1CCCC(C(O)O)C2CCC2CN2CCCOc3ccc(cc32)C(=O)NS(=O)C1. The molecule has 3 aliphatic rings. The van der Waals surface area contributed by atoms with Crippen molar-refractivity contribution in [2.45, 2.75) is 51.7 Å². The maximum Gasteiger partial charge on any atom is 0.263 e. The highest BCUT2D eigenvalue weighted by molar-refractivity contribution is 7.83. The lowest BCUT2D eigenvalue weighted by Gasteiger charge is -2.45. The summed E-state index contributed by atoms with van der Waals surface area (Å²) in [7, 11) is -1.45. The van der Waals surface area contributed by atoms with Gasteiger partial charge in [-0.25, -0.2) is 4.21 Å². The Balaban J connectivity index is 1.64. The number of nitrogens with one attached hydrogen (secondary N) is 1. The van der Waals surface area contributed by atoms with E-state index in [4.69, 9.17) is 4.74 Å². The lowest BCUT2D eigenvalue weighted by molar-refractivity contribution is -0.124. The second-order valence-corrected chi connectivity index (χ2v) is 10.6. The highest BCUT2D eigenvalue weighted by Crippen LogP contribution is 2.44. The number of benzene rings is 1. The van der Waals surface area contributed by atoms with Crippen LogP contribution in [0.25, 0.3) is 0 Å². The molecule has 1 saturated carbocycles. The highest BCUT2D eigenvalue weighted by Gasteiger charge is 2.40. The molecule has 172 valence electrons. The summed E-state index contributed by atoms with van der Waals surface area (Å²) in [6.07, 6.45) is 4.15. The Morgan fingerprint density at radius 3 is 2.77 bits per heavy atom. The Morgan fingerprint density at radius 2 is 2.03 bits per heavy atom. The van der Waals surface area contributed by atoms with Crippen LogP contribution in [0.15, 0.2) is 18.2 Å². The average Bonchev–Trinajstić information content (AvgIpc) is 2.90. The van der Waals surface area contributed by atoms with Crippen molar-refractivity contribution in [1.29, 1.82) is 0 Å². The summed E-state index contributed by atoms with van der Waals surface area (Å²) >= 11 is 0. The first-order chi connectivity index (χ1) is 14.9. The van der Waals surface area contributed by atoms with Crippen molar-refractivity contribution >= 4 is 22.6 Å². The quantitative estimate of drug-likeness (QED) is 0.569. The number of carbonyl (C=O) groups is 1. The Bertz CT molecular complexity index is 817. The molecule has 2 heterocycles. The first kappa shape index (κ1) is 22.6. The molecule has 0 spiro atoms. The topological polar surface area (TPSA) is 99.1 Å². The van der Waals surface area contributed by atoms with Crippen LogP contribution in [0.3, 0.4) is 0 Å². The van der Waals surface area contributed by atoms with Crippen molar-refractivity contribution in [3.63, 3.8) is 0 Å². The molecule has 31 heavy (non-hydrogen) atoms. The Hall–Kier alpha value is -1.64. The summed E-state index contributed by atoms with van der Waals surface area (Å²) in [5.41, 5.74) is 1.37. The van der Waals surface area contributed by atoms with Gasteiger partial charge in [-0.2, -0.15) is 0 Å². The van der Waals surface area contributed by atoms with Gasteiger partial charge < -0.3 is 19.8 Å². The predicted octanol–water partition coefficient (Wildman–Crippen LogP) is 2.44. The van der Waals surface area contributed by atoms with E-state index in [1.807, 2.05) is 19.1 Å². The molecular formula is C23H34N2O5S. The van der Waals surface area contributed by atoms with E-state index in [0.717, 1.165) is 63.1 Å². The lowest BCUT2D eigenvalue weighted by atomic mass is 9.65. The summed E-state index contributed by atoms with van der Waals surface area (Å²) in [6.45, 7) is 4.30. The second kappa shape index (κ2) is 9.88. The van der Waals surface area contributed by atoms with Crippen LogP contribution in [0, 0.1) is 23.7 Å². The molecule has 2 aliphatic heterocycles. The van der Waals surface area contributed by atoms with E-state index in [0.29, 0.717) is 23.8 Å². The van der Waals surface area contributed by atoms with Crippen molar-refractivity contribution in [3.8, 4) is 5.75 Å². The average molecular weight is 451 g/mol. The molecule has 2 bridgehead atoms. The van der Waals surface area contributed by atoms with Crippen LogP contribution in [0.4, 0.5) is 5.69 Å². The number of carbonyl (C=O) groups excluding carboxylic acids is 1. The van der Waals surface area contributed by atoms with Crippen molar-refractivity contribution in [3.05, 3.63) is 23.8 Å². The minimum Gasteiger partial charge on any atom is -0.491 e. The normalized spacial score (nSPS) is 32.3. The first-order valence-electron chi connectivity index (χ1n) is 11.5. The zero-order chi connectivity index (χ0) is 22.0. The number of ether oxygens (including phenoxy) is 1. The molecule has 1 fully saturated rings. The molecule has 4 rings (SSSR count). The van der Waals surface area contributed by atoms with Crippen LogP contribution >= 0.6 is 0 Å². The molecule has 8 heteroatoms. The largest absolute Gasteiger partial charge is 0.491 e. The molecule has 0 saturated heterocycles. The highest BCUT2D eigenvalue weighted by atomic mass is 32.2. The van der Waals surface area contributed by atoms with Gasteiger partial charge in [0.1, 0.15) is 16.7 Å². The van der Waals surface area contributed by atoms with Gasteiger partial charge in [-0.1, -0.05) is 13.3 Å². The van der Waals surface area contributed by atoms with Gasteiger partial charge in [0.15, 0.2) is 6.29 Å². The number of anilines is 1. The van der Waals surface area contributed by atoms with Crippen LogP contribution in [-0.2, 0) is 11.0 Å². The summed E-state index contributed by atoms with van der Waals surface area (Å²) < 4.78 is 21.0. The van der Waals surface area contributed by atoms with Crippen molar-refractivity contribution in [1.82, 2.24) is 4.72 Å². The van der Waals surface area contributed by atoms with Gasteiger partial charge in [-0.15, -0.1) is 0 Å². The zero-order valence-electron chi connectivity index (χ0n) is 18.2. The van der Waals surface area contributed by atoms with Crippen LogP contribution in [0.2, 0.25) is 0 Å². The summed E-state index contributed by atoms with van der Waals surface area (Å²) in [4.78, 5) is 15.0. The Kier molecular flexibility index (Phi) is 7.19. The van der Waals surface area contributed by atoms with E-state index < -0.39 is 17.3 Å². The molecule has 1 amide bonds. The molecule has 1 aromatic rings. The summed E-state index contributed by atoms with van der Waals surface area (Å²) in [5, 5.41) is 20.2. The third-order valence-corrected chi connectivity index (χ3v) is 8.42. The Morgan fingerprint density at radius 1 is 1.19 bits per heavy atom. The summed E-state index contributed by atoms with van der Waals surface area (Å²) in [5.74, 6) is 1.57. The molecular weight excluding hydrogens is 416 g/mol. The van der Waals surface area contributed by atoms with E-state index in [9.17, 15) is 19.2 Å². The van der Waals surface area contributed by atoms with Gasteiger partial charge in [0.25, 0.3) is 5.91 Å². The third-order valence-electron chi connectivity index (χ3n) is 7.13. The third kappa shape index (κ3) is 5.23. The number of rotatable bonds is 1. The molecule has 5 unspecified atom stereocenters. The number of fused-ring (bicyclic) bond motifs is 2. The van der Waals surface area contributed by atoms with Crippen molar-refractivity contribution in [2.75, 3.05) is 30.3 Å². The van der Waals surface area contributed by atoms with Gasteiger partial charge >= 0.3 is 0 Å². The van der Waals surface area contributed by atoms with Gasteiger partial charge in [0, 0.05) is 30.3 Å². The van der Waals surface area contributed by atoms with Crippen LogP contribution in [-0.4, -0.2) is 52.1 Å². The number of nitrogens with zero attached hydrogens (tertiary/aromatic N) is 1. The fraction of sp³-hybridized carbons (Fsp3) is 0.696. The smallest absolute Gasteiger partial charge is 0.263 e. The number of aliphatic hydroxyl groups excluding tert-OH is 1. The molecule has 5 atom stereocenters. The van der Waals surface area contributed by atoms with Gasteiger partial charge in [0.05, 0.1) is 12.3 Å². The number of hydrogen-bond acceptors (Lipinski definition) is 6. The second-order valence-electron chi connectivity index (χ2n) is 9.39. The fourth-order valence-corrected chi connectivity index (χ4v) is 6.37. The van der Waals surface area contributed by atoms with Crippen LogP contribution in [0.5, 0.6) is 5.75 Å². The minimum absolute atomic E-state index is 0.127. The number of amides is 1. The molecule has 1 aromatic carbocycles. The molecule has 0 aromatic heterocycles. The van der Waals surface area contributed by atoms with Crippen LogP contribution < -0.4 is 14.4 Å². The Labute approximate surface area is 186 Å². The minimum atomic E-state index is -1.45. The van der Waals surface area contributed by atoms with Crippen molar-refractivity contribution in [2.24, 2.45) is 23.7 Å². The predicted molar refractivity (Wildman–Crippen MR) is 120 cm³/mol. The fourth-order valence-electron chi connectivity index (χ4n) is 5.28. The monoisotopic (exact) mass is 450 g/mol. The first-order valence-corrected chi connectivity index (χ1v) is 12.8. The standard InChI is InChI=1S/C23H34N2O5S/c1-15-4-2-5-19(23(27)28)18-8-6-17(18)13-25-10-3-11-30-21-9-7-16(12-20(21)25)22(26)24-31(29)14-15/h7,9,12,15,17-19,23,27-28H,2-6,8,10-11,13-14H2,1H3,(H,24,26). The maximum absolute atomic E-state index is 12.7. The van der Waals surface area contributed by atoms with Crippen molar-refractivity contribution < 1.29 is 24.0 Å². The van der Waals surface area contributed by atoms with Crippen LogP contribution in [0.1, 0.15) is 55.8 Å². The van der Waals surface area contributed by atoms with E-state index in [1.54, 1.807) is 6.07 Å². The summed E-state index contributed by atoms with van der Waals surface area (Å²) in [6, 6.07) is 5.40. The van der Waals surface area contributed by atoms with Gasteiger partial charge in [0.2, 0.25) is 0 Å². The number of aliphatic hydroxyl groups is 2.